The molecule has 0 bridgehead atoms. The Morgan fingerprint density at radius 1 is 0.769 bits per heavy atom. The summed E-state index contributed by atoms with van der Waals surface area (Å²) in [4.78, 5) is 21.1. The Labute approximate surface area is 159 Å². The highest BCUT2D eigenvalue weighted by molar-refractivity contribution is 5.77. The highest BCUT2D eigenvalue weighted by Gasteiger charge is 1.99. The van der Waals surface area contributed by atoms with Crippen LogP contribution in [0.2, 0.25) is 0 Å². The Balaban J connectivity index is -0.00000123. The fraction of sp³-hybridized carbons (Fsp3) is 0.889. The molecule has 0 spiro atoms. The molecule has 2 amide bonds. The summed E-state index contributed by atoms with van der Waals surface area (Å²) < 4.78 is 20.9. The monoisotopic (exact) mass is 380 g/mol. The number of hydrogen-bond acceptors (Lipinski definition) is 6. The van der Waals surface area contributed by atoms with Crippen LogP contribution in [0.1, 0.15) is 41.0 Å². The second-order valence-electron chi connectivity index (χ2n) is 4.31. The summed E-state index contributed by atoms with van der Waals surface area (Å²) in [6, 6.07) is 0. The van der Waals surface area contributed by atoms with E-state index < -0.39 is 0 Å². The number of carbonyl (C=O) groups excluding carboxylic acids is 2. The number of ether oxygens (including phenoxy) is 4. The predicted molar refractivity (Wildman–Crippen MR) is 103 cm³/mol. The third-order valence-corrected chi connectivity index (χ3v) is 2.40. The van der Waals surface area contributed by atoms with E-state index in [4.69, 9.17) is 18.9 Å². The van der Waals surface area contributed by atoms with Crippen LogP contribution in [0.25, 0.3) is 0 Å². The van der Waals surface area contributed by atoms with Crippen molar-refractivity contribution >= 4 is 12.3 Å². The number of hydrogen-bond donors (Lipinski definition) is 2. The van der Waals surface area contributed by atoms with Gasteiger partial charge in [-0.05, 0) is 6.42 Å². The lowest BCUT2D eigenvalue weighted by Crippen LogP contribution is -2.28. The molecule has 0 unspecified atom stereocenters. The lowest BCUT2D eigenvalue weighted by molar-refractivity contribution is -0.126. The Hall–Kier alpha value is -1.22. The maximum Gasteiger partial charge on any atom is 0.245 e. The molecule has 0 aliphatic rings. The van der Waals surface area contributed by atoms with Crippen LogP contribution < -0.4 is 10.6 Å². The summed E-state index contributed by atoms with van der Waals surface area (Å²) in [5.74, 6) is -0.103. The lowest BCUT2D eigenvalue weighted by Gasteiger charge is -2.07. The van der Waals surface area contributed by atoms with Crippen LogP contribution in [0.5, 0.6) is 0 Å². The van der Waals surface area contributed by atoms with Gasteiger partial charge in [-0.25, -0.2) is 0 Å². The van der Waals surface area contributed by atoms with Crippen molar-refractivity contribution in [3.05, 3.63) is 0 Å². The van der Waals surface area contributed by atoms with Crippen LogP contribution in [0, 0.1) is 0 Å². The molecule has 0 atom stereocenters. The van der Waals surface area contributed by atoms with E-state index in [1.807, 2.05) is 34.6 Å². The average Bonchev–Trinajstić information content (AvgIpc) is 2.69. The fourth-order valence-corrected chi connectivity index (χ4v) is 1.33. The minimum atomic E-state index is -0.103. The second kappa shape index (κ2) is 31.5. The van der Waals surface area contributed by atoms with Gasteiger partial charge in [0.1, 0.15) is 6.61 Å². The van der Waals surface area contributed by atoms with Crippen LogP contribution in [-0.4, -0.2) is 78.3 Å². The van der Waals surface area contributed by atoms with Gasteiger partial charge >= 0.3 is 0 Å². The lowest BCUT2D eigenvalue weighted by atomic mass is 10.5. The third kappa shape index (κ3) is 30.6. The Bertz CT molecular complexity index is 268. The van der Waals surface area contributed by atoms with E-state index in [-0.39, 0.29) is 12.5 Å². The van der Waals surface area contributed by atoms with Crippen molar-refractivity contribution in [2.24, 2.45) is 0 Å². The Kier molecular flexibility index (Phi) is 35.8. The SMILES string of the molecule is CC.CC.CCCNC(=O)COCCOCCOCCOCCNC=O. The molecular weight excluding hydrogens is 340 g/mol. The van der Waals surface area contributed by atoms with Gasteiger partial charge in [0.2, 0.25) is 12.3 Å². The fourth-order valence-electron chi connectivity index (χ4n) is 1.33. The molecule has 8 heteroatoms. The predicted octanol–water partition coefficient (Wildman–Crippen LogP) is 1.38. The largest absolute Gasteiger partial charge is 0.377 e. The molecule has 0 heterocycles. The van der Waals surface area contributed by atoms with Crippen LogP contribution in [0.15, 0.2) is 0 Å². The molecule has 0 saturated heterocycles. The zero-order chi connectivity index (χ0) is 20.3. The first-order valence-corrected chi connectivity index (χ1v) is 9.56. The zero-order valence-electron chi connectivity index (χ0n) is 17.3. The van der Waals surface area contributed by atoms with Crippen molar-refractivity contribution < 1.29 is 28.5 Å². The van der Waals surface area contributed by atoms with Crippen molar-refractivity contribution in [2.75, 3.05) is 65.9 Å². The number of rotatable bonds is 17. The van der Waals surface area contributed by atoms with E-state index in [0.29, 0.717) is 65.7 Å². The van der Waals surface area contributed by atoms with Crippen LogP contribution in [0.3, 0.4) is 0 Å². The molecule has 0 aliphatic heterocycles. The van der Waals surface area contributed by atoms with E-state index in [0.717, 1.165) is 6.42 Å². The molecule has 0 aromatic carbocycles. The standard InChI is InChI=1S/C14H28N2O6.2C2H6/c1-2-3-16-14(18)12-22-11-10-21-9-8-20-7-6-19-5-4-15-13-17;2*1-2/h13H,2-12H2,1H3,(H,15,17)(H,16,18);2*1-2H3. The quantitative estimate of drug-likeness (QED) is 0.292. The molecular formula is C18H40N2O6. The Morgan fingerprint density at radius 3 is 1.69 bits per heavy atom. The molecule has 0 rings (SSSR count). The smallest absolute Gasteiger partial charge is 0.245 e. The van der Waals surface area contributed by atoms with Crippen molar-refractivity contribution in [1.29, 1.82) is 0 Å². The molecule has 8 nitrogen and oxygen atoms in total. The van der Waals surface area contributed by atoms with E-state index in [9.17, 15) is 9.59 Å². The first kappa shape index (κ1) is 29.5. The molecule has 2 N–H and O–H groups in total. The van der Waals surface area contributed by atoms with Gasteiger partial charge in [-0.2, -0.15) is 0 Å². The highest BCUT2D eigenvalue weighted by atomic mass is 16.6. The molecule has 0 aromatic rings. The van der Waals surface area contributed by atoms with Gasteiger partial charge in [-0.1, -0.05) is 34.6 Å². The molecule has 0 fully saturated rings. The molecule has 0 saturated carbocycles. The average molecular weight is 381 g/mol. The molecule has 0 aromatic heterocycles. The second-order valence-corrected chi connectivity index (χ2v) is 4.31. The van der Waals surface area contributed by atoms with Crippen molar-refractivity contribution in [3.8, 4) is 0 Å². The maximum atomic E-state index is 11.2. The molecule has 0 aliphatic carbocycles. The van der Waals surface area contributed by atoms with Crippen LogP contribution in [0.4, 0.5) is 0 Å². The number of amides is 2. The number of carbonyl (C=O) groups is 2. The van der Waals surface area contributed by atoms with E-state index in [2.05, 4.69) is 10.6 Å². The van der Waals surface area contributed by atoms with Crippen molar-refractivity contribution in [3.63, 3.8) is 0 Å². The van der Waals surface area contributed by atoms with Crippen LogP contribution >= 0.6 is 0 Å². The summed E-state index contributed by atoms with van der Waals surface area (Å²) in [7, 11) is 0. The van der Waals surface area contributed by atoms with Gasteiger partial charge in [-0.3, -0.25) is 9.59 Å². The van der Waals surface area contributed by atoms with Crippen molar-refractivity contribution in [2.45, 2.75) is 41.0 Å². The number of nitrogens with one attached hydrogen (secondary N) is 2. The van der Waals surface area contributed by atoms with E-state index in [1.54, 1.807) is 0 Å². The zero-order valence-corrected chi connectivity index (χ0v) is 17.3. The van der Waals surface area contributed by atoms with Gasteiger partial charge in [0.15, 0.2) is 0 Å². The highest BCUT2D eigenvalue weighted by Crippen LogP contribution is 1.83. The van der Waals surface area contributed by atoms with Crippen molar-refractivity contribution in [1.82, 2.24) is 10.6 Å². The summed E-state index contributed by atoms with van der Waals surface area (Å²) in [6.07, 6.45) is 1.55. The first-order valence-electron chi connectivity index (χ1n) is 9.56. The van der Waals surface area contributed by atoms with Gasteiger partial charge in [0.05, 0.1) is 46.2 Å². The minimum absolute atomic E-state index is 0.0656. The van der Waals surface area contributed by atoms with E-state index in [1.165, 1.54) is 0 Å². The molecule has 158 valence electrons. The summed E-state index contributed by atoms with van der Waals surface area (Å²) in [6.45, 7) is 14.4. The van der Waals surface area contributed by atoms with Gasteiger partial charge < -0.3 is 29.6 Å². The summed E-state index contributed by atoms with van der Waals surface area (Å²) in [5, 5.41) is 5.22. The van der Waals surface area contributed by atoms with Gasteiger partial charge in [0, 0.05) is 13.1 Å². The van der Waals surface area contributed by atoms with Gasteiger partial charge in [-0.15, -0.1) is 0 Å². The normalized spacial score (nSPS) is 9.27. The molecule has 0 radical (unpaired) electrons. The maximum absolute atomic E-state index is 11.2. The molecule has 26 heavy (non-hydrogen) atoms. The first-order chi connectivity index (χ1) is 12.8. The minimum Gasteiger partial charge on any atom is -0.377 e. The third-order valence-electron chi connectivity index (χ3n) is 2.40. The summed E-state index contributed by atoms with van der Waals surface area (Å²) in [5.41, 5.74) is 0. The van der Waals surface area contributed by atoms with Crippen LogP contribution in [-0.2, 0) is 28.5 Å². The topological polar surface area (TPSA) is 95.1 Å². The van der Waals surface area contributed by atoms with E-state index >= 15 is 0 Å². The Morgan fingerprint density at radius 2 is 1.23 bits per heavy atom. The summed E-state index contributed by atoms with van der Waals surface area (Å²) >= 11 is 0. The van der Waals surface area contributed by atoms with Gasteiger partial charge in [0.25, 0.3) is 0 Å².